The van der Waals surface area contributed by atoms with E-state index >= 15 is 4.39 Å². The molecule has 1 N–H and O–H groups in total. The molecule has 2 heterocycles. The maximum Gasteiger partial charge on any atom is 0.304 e. The van der Waals surface area contributed by atoms with Gasteiger partial charge in [-0.15, -0.1) is 0 Å². The van der Waals surface area contributed by atoms with Crippen LogP contribution in [0.4, 0.5) is 4.39 Å². The third kappa shape index (κ3) is 4.65. The van der Waals surface area contributed by atoms with Crippen molar-refractivity contribution in [3.63, 3.8) is 0 Å². The summed E-state index contributed by atoms with van der Waals surface area (Å²) in [6, 6.07) is 19.3. The summed E-state index contributed by atoms with van der Waals surface area (Å²) in [5, 5.41) is 9.16. The number of nitrogens with zero attached hydrogens (tertiary/aromatic N) is 1. The Labute approximate surface area is 227 Å². The van der Waals surface area contributed by atoms with Crippen LogP contribution in [0.2, 0.25) is 0 Å². The molecule has 1 aromatic heterocycles. The van der Waals surface area contributed by atoms with E-state index < -0.39 is 12.1 Å². The summed E-state index contributed by atoms with van der Waals surface area (Å²) in [7, 11) is 0. The van der Waals surface area contributed by atoms with Gasteiger partial charge in [0.05, 0.1) is 18.7 Å². The SMILES string of the molecule is Cc1cccc(-c2cc(C)c(-c3ccc(F)c4c3CC[C@H]4Oc3ccc4c(c3)OC[C@H]4CC(=O)O)c(C)c2)n1. The Morgan fingerprint density at radius 3 is 2.62 bits per heavy atom. The maximum atomic E-state index is 15.3. The van der Waals surface area contributed by atoms with Gasteiger partial charge in [0.1, 0.15) is 23.4 Å². The molecule has 0 amide bonds. The first-order valence-corrected chi connectivity index (χ1v) is 13.3. The maximum absolute atomic E-state index is 15.3. The lowest BCUT2D eigenvalue weighted by Gasteiger charge is -2.19. The van der Waals surface area contributed by atoms with E-state index in [2.05, 4.69) is 31.0 Å². The summed E-state index contributed by atoms with van der Waals surface area (Å²) in [4.78, 5) is 15.8. The zero-order valence-corrected chi connectivity index (χ0v) is 22.3. The van der Waals surface area contributed by atoms with Crippen molar-refractivity contribution in [3.05, 3.63) is 100.0 Å². The normalized spacial score (nSPS) is 17.4. The van der Waals surface area contributed by atoms with Crippen LogP contribution in [-0.4, -0.2) is 22.7 Å². The van der Waals surface area contributed by atoms with Crippen LogP contribution >= 0.6 is 0 Å². The highest BCUT2D eigenvalue weighted by atomic mass is 19.1. The molecule has 0 fully saturated rings. The van der Waals surface area contributed by atoms with Crippen molar-refractivity contribution in [1.29, 1.82) is 0 Å². The molecule has 2 atom stereocenters. The van der Waals surface area contributed by atoms with E-state index in [1.165, 1.54) is 0 Å². The van der Waals surface area contributed by atoms with Crippen LogP contribution < -0.4 is 9.47 Å². The fourth-order valence-electron chi connectivity index (χ4n) is 6.14. The minimum atomic E-state index is -0.849. The average Bonchev–Trinajstić information content (AvgIpc) is 3.49. The first-order chi connectivity index (χ1) is 18.8. The summed E-state index contributed by atoms with van der Waals surface area (Å²) in [6.45, 7) is 6.53. The van der Waals surface area contributed by atoms with Gasteiger partial charge < -0.3 is 14.6 Å². The van der Waals surface area contributed by atoms with Crippen molar-refractivity contribution >= 4 is 5.97 Å². The predicted molar refractivity (Wildman–Crippen MR) is 148 cm³/mol. The highest BCUT2D eigenvalue weighted by Gasteiger charge is 2.32. The van der Waals surface area contributed by atoms with Crippen LogP contribution in [0, 0.1) is 26.6 Å². The summed E-state index contributed by atoms with van der Waals surface area (Å²) in [6.07, 6.45) is 1.01. The summed E-state index contributed by atoms with van der Waals surface area (Å²) >= 11 is 0. The lowest BCUT2D eigenvalue weighted by Crippen LogP contribution is -2.07. The van der Waals surface area contributed by atoms with Gasteiger partial charge in [-0.1, -0.05) is 18.2 Å². The number of aromatic nitrogens is 1. The Morgan fingerprint density at radius 1 is 1.08 bits per heavy atom. The van der Waals surface area contributed by atoms with Gasteiger partial charge in [0, 0.05) is 34.4 Å². The Hall–Kier alpha value is -4.19. The van der Waals surface area contributed by atoms with E-state index in [1.54, 1.807) is 12.1 Å². The molecule has 6 heteroatoms. The number of carboxylic acids is 1. The Kier molecular flexibility index (Phi) is 6.34. The number of aryl methyl sites for hydroxylation is 3. The first-order valence-electron chi connectivity index (χ1n) is 13.3. The van der Waals surface area contributed by atoms with Crippen LogP contribution in [0.5, 0.6) is 11.5 Å². The number of hydrogen-bond donors (Lipinski definition) is 1. The second-order valence-corrected chi connectivity index (χ2v) is 10.6. The summed E-state index contributed by atoms with van der Waals surface area (Å²) in [5.41, 5.74) is 9.89. The molecule has 0 unspecified atom stereocenters. The van der Waals surface area contributed by atoms with Crippen molar-refractivity contribution < 1.29 is 23.8 Å². The monoisotopic (exact) mass is 523 g/mol. The van der Waals surface area contributed by atoms with Crippen molar-refractivity contribution in [2.24, 2.45) is 0 Å². The largest absolute Gasteiger partial charge is 0.492 e. The second-order valence-electron chi connectivity index (χ2n) is 10.6. The van der Waals surface area contributed by atoms with E-state index in [4.69, 9.17) is 14.6 Å². The molecule has 2 aliphatic rings. The standard InChI is InChI=1S/C33H30FNO4/c1-18-13-21(28-6-4-5-20(3)35-28)14-19(2)32(18)25-9-11-27(34)33-26(25)10-12-29(33)39-23-7-8-24-22(15-31(36)37)17-38-30(24)16-23/h4-9,11,13-14,16,22,29H,10,12,15,17H2,1-3H3,(H,36,37)/t22-,29-/m1/s1. The Bertz CT molecular complexity index is 1590. The van der Waals surface area contributed by atoms with Crippen molar-refractivity contribution in [2.45, 2.75) is 52.1 Å². The molecule has 6 rings (SSSR count). The number of carbonyl (C=O) groups is 1. The molecule has 198 valence electrons. The number of carboxylic acid groups (broad SMARTS) is 1. The third-order valence-electron chi connectivity index (χ3n) is 7.83. The topological polar surface area (TPSA) is 68.7 Å². The number of rotatable bonds is 6. The van der Waals surface area contributed by atoms with Gasteiger partial charge in [-0.3, -0.25) is 9.78 Å². The number of ether oxygens (including phenoxy) is 2. The van der Waals surface area contributed by atoms with Gasteiger partial charge >= 0.3 is 5.97 Å². The minimum Gasteiger partial charge on any atom is -0.492 e. The Morgan fingerprint density at radius 2 is 1.87 bits per heavy atom. The lowest BCUT2D eigenvalue weighted by atomic mass is 9.88. The first kappa shape index (κ1) is 25.1. The molecule has 3 aromatic carbocycles. The number of halogens is 1. The molecule has 39 heavy (non-hydrogen) atoms. The molecule has 1 aliphatic heterocycles. The van der Waals surface area contributed by atoms with E-state index in [9.17, 15) is 4.79 Å². The zero-order chi connectivity index (χ0) is 27.3. The minimum absolute atomic E-state index is 0.0263. The highest BCUT2D eigenvalue weighted by molar-refractivity contribution is 5.79. The smallest absolute Gasteiger partial charge is 0.304 e. The number of fused-ring (bicyclic) bond motifs is 2. The molecule has 0 radical (unpaired) electrons. The summed E-state index contributed by atoms with van der Waals surface area (Å²) in [5.74, 6) is -0.0441. The molecule has 1 aliphatic carbocycles. The number of benzene rings is 3. The van der Waals surface area contributed by atoms with E-state index in [1.807, 2.05) is 43.3 Å². The van der Waals surface area contributed by atoms with Crippen molar-refractivity contribution in [1.82, 2.24) is 4.98 Å². The van der Waals surface area contributed by atoms with Gasteiger partial charge in [-0.25, -0.2) is 4.39 Å². The number of aliphatic carboxylic acids is 1. The fourth-order valence-corrected chi connectivity index (χ4v) is 6.14. The zero-order valence-electron chi connectivity index (χ0n) is 22.3. The number of hydrogen-bond acceptors (Lipinski definition) is 4. The second kappa shape index (κ2) is 9.84. The highest BCUT2D eigenvalue weighted by Crippen LogP contribution is 2.45. The van der Waals surface area contributed by atoms with Gasteiger partial charge in [0.15, 0.2) is 0 Å². The quantitative estimate of drug-likeness (QED) is 0.283. The van der Waals surface area contributed by atoms with Crippen LogP contribution in [-0.2, 0) is 11.2 Å². The third-order valence-corrected chi connectivity index (χ3v) is 7.83. The van der Waals surface area contributed by atoms with Crippen LogP contribution in [0.25, 0.3) is 22.4 Å². The van der Waals surface area contributed by atoms with Gasteiger partial charge in [0.25, 0.3) is 0 Å². The van der Waals surface area contributed by atoms with Crippen molar-refractivity contribution in [3.8, 4) is 33.9 Å². The average molecular weight is 524 g/mol. The van der Waals surface area contributed by atoms with E-state index in [-0.39, 0.29) is 18.2 Å². The molecular weight excluding hydrogens is 493 g/mol. The van der Waals surface area contributed by atoms with Crippen molar-refractivity contribution in [2.75, 3.05) is 6.61 Å². The van der Waals surface area contributed by atoms with E-state index in [0.29, 0.717) is 30.1 Å². The number of pyridine rings is 1. The predicted octanol–water partition coefficient (Wildman–Crippen LogP) is 7.50. The molecule has 0 spiro atoms. The molecule has 4 aromatic rings. The van der Waals surface area contributed by atoms with Gasteiger partial charge in [0.2, 0.25) is 0 Å². The molecular formula is C33H30FNO4. The van der Waals surface area contributed by atoms with Crippen LogP contribution in [0.15, 0.2) is 60.7 Å². The summed E-state index contributed by atoms with van der Waals surface area (Å²) < 4.78 is 27.3. The van der Waals surface area contributed by atoms with E-state index in [0.717, 1.165) is 56.8 Å². The Balaban J connectivity index is 1.31. The van der Waals surface area contributed by atoms with Crippen LogP contribution in [0.1, 0.15) is 58.4 Å². The van der Waals surface area contributed by atoms with Gasteiger partial charge in [-0.2, -0.15) is 0 Å². The molecule has 5 nitrogen and oxygen atoms in total. The molecule has 0 bridgehead atoms. The molecule has 0 saturated heterocycles. The molecule has 0 saturated carbocycles. The van der Waals surface area contributed by atoms with Gasteiger partial charge in [-0.05, 0) is 97.8 Å². The van der Waals surface area contributed by atoms with Crippen LogP contribution in [0.3, 0.4) is 0 Å². The lowest BCUT2D eigenvalue weighted by molar-refractivity contribution is -0.137. The fraction of sp³-hybridized carbons (Fsp3) is 0.273.